The Morgan fingerprint density at radius 3 is 2.45 bits per heavy atom. The van der Waals surface area contributed by atoms with Crippen LogP contribution in [0.3, 0.4) is 0 Å². The Hall–Kier alpha value is -1.20. The fraction of sp³-hybridized carbons (Fsp3) is 0.733. The van der Waals surface area contributed by atoms with Crippen molar-refractivity contribution in [2.75, 3.05) is 37.6 Å². The lowest BCUT2D eigenvalue weighted by atomic mass is 9.96. The molecule has 1 fully saturated rings. The largest absolute Gasteiger partial charge is 0.392 e. The van der Waals surface area contributed by atoms with E-state index in [9.17, 15) is 5.11 Å². The Bertz CT molecular complexity index is 434. The number of piperazine rings is 1. The molecule has 0 aromatic carbocycles. The zero-order valence-corrected chi connectivity index (χ0v) is 13.0. The van der Waals surface area contributed by atoms with Gasteiger partial charge in [-0.15, -0.1) is 0 Å². The molecule has 0 saturated carbocycles. The maximum Gasteiger partial charge on any atom is 0.135 e. The van der Waals surface area contributed by atoms with Crippen molar-refractivity contribution in [3.63, 3.8) is 0 Å². The fourth-order valence-corrected chi connectivity index (χ4v) is 2.42. The van der Waals surface area contributed by atoms with Crippen molar-refractivity contribution in [3.8, 4) is 0 Å². The molecule has 0 amide bonds. The molecule has 0 radical (unpaired) electrons. The van der Waals surface area contributed by atoms with Crippen LogP contribution in [0.2, 0.25) is 0 Å². The van der Waals surface area contributed by atoms with Crippen molar-refractivity contribution in [2.24, 2.45) is 0 Å². The van der Waals surface area contributed by atoms with Crippen LogP contribution in [0.4, 0.5) is 5.82 Å². The maximum atomic E-state index is 9.44. The summed E-state index contributed by atoms with van der Waals surface area (Å²) in [7, 11) is 0. The summed E-state index contributed by atoms with van der Waals surface area (Å²) in [5, 5.41) is 9.44. The third-order valence-corrected chi connectivity index (χ3v) is 3.53. The Morgan fingerprint density at radius 2 is 1.90 bits per heavy atom. The highest BCUT2D eigenvalue weighted by Gasteiger charge is 2.22. The molecule has 20 heavy (non-hydrogen) atoms. The van der Waals surface area contributed by atoms with Crippen LogP contribution < -0.4 is 4.90 Å². The predicted molar refractivity (Wildman–Crippen MR) is 81.1 cm³/mol. The molecule has 0 bridgehead atoms. The first-order valence-electron chi connectivity index (χ1n) is 7.35. The molecule has 1 saturated heterocycles. The minimum atomic E-state index is -0.256. The number of aliphatic hydroxyl groups is 1. The molecule has 1 N–H and O–H groups in total. The standard InChI is InChI=1S/C15H26N4O/c1-12(20)11-18-7-9-19(10-8-18)13-5-6-16-14(17-13)15(2,3)4/h5-6,12,20H,7-11H2,1-4H3/t12-/m1/s1. The van der Waals surface area contributed by atoms with Gasteiger partial charge in [-0.05, 0) is 13.0 Å². The molecule has 1 aromatic rings. The number of aromatic nitrogens is 2. The Labute approximate surface area is 121 Å². The van der Waals surface area contributed by atoms with E-state index < -0.39 is 0 Å². The lowest BCUT2D eigenvalue weighted by molar-refractivity contribution is 0.122. The van der Waals surface area contributed by atoms with E-state index in [1.165, 1.54) is 0 Å². The number of aliphatic hydroxyl groups excluding tert-OH is 1. The van der Waals surface area contributed by atoms with Crippen molar-refractivity contribution >= 4 is 5.82 Å². The van der Waals surface area contributed by atoms with Gasteiger partial charge in [-0.1, -0.05) is 20.8 Å². The Morgan fingerprint density at radius 1 is 1.25 bits per heavy atom. The second-order valence-electron chi connectivity index (χ2n) is 6.63. The normalized spacial score (nSPS) is 19.1. The molecular weight excluding hydrogens is 252 g/mol. The molecule has 0 unspecified atom stereocenters. The summed E-state index contributed by atoms with van der Waals surface area (Å²) in [4.78, 5) is 13.7. The fourth-order valence-electron chi connectivity index (χ4n) is 2.42. The number of hydrogen-bond donors (Lipinski definition) is 1. The van der Waals surface area contributed by atoms with E-state index in [2.05, 4.69) is 35.6 Å². The summed E-state index contributed by atoms with van der Waals surface area (Å²) in [5.74, 6) is 1.91. The maximum absolute atomic E-state index is 9.44. The number of hydrogen-bond acceptors (Lipinski definition) is 5. The molecule has 5 nitrogen and oxygen atoms in total. The van der Waals surface area contributed by atoms with E-state index in [0.29, 0.717) is 0 Å². The third-order valence-electron chi connectivity index (χ3n) is 3.53. The molecular formula is C15H26N4O. The molecule has 1 aliphatic rings. The Kier molecular flexibility index (Phi) is 4.60. The molecule has 2 rings (SSSR count). The smallest absolute Gasteiger partial charge is 0.135 e. The predicted octanol–water partition coefficient (Wildman–Crippen LogP) is 1.28. The first-order valence-corrected chi connectivity index (χ1v) is 7.35. The van der Waals surface area contributed by atoms with Gasteiger partial charge in [0.15, 0.2) is 0 Å². The van der Waals surface area contributed by atoms with Gasteiger partial charge >= 0.3 is 0 Å². The Balaban J connectivity index is 2.00. The van der Waals surface area contributed by atoms with E-state index in [1.54, 1.807) is 0 Å². The molecule has 0 aliphatic carbocycles. The van der Waals surface area contributed by atoms with E-state index in [0.717, 1.165) is 44.4 Å². The van der Waals surface area contributed by atoms with Crippen LogP contribution in [0, 0.1) is 0 Å². The first kappa shape index (κ1) is 15.2. The van der Waals surface area contributed by atoms with Crippen LogP contribution in [0.25, 0.3) is 0 Å². The van der Waals surface area contributed by atoms with Gasteiger partial charge in [0, 0.05) is 44.3 Å². The monoisotopic (exact) mass is 278 g/mol. The van der Waals surface area contributed by atoms with Gasteiger partial charge in [0.05, 0.1) is 6.10 Å². The molecule has 1 atom stereocenters. The van der Waals surface area contributed by atoms with Crippen molar-refractivity contribution in [1.29, 1.82) is 0 Å². The average Bonchev–Trinajstić information content (AvgIpc) is 2.38. The van der Waals surface area contributed by atoms with E-state index >= 15 is 0 Å². The van der Waals surface area contributed by atoms with Crippen molar-refractivity contribution in [3.05, 3.63) is 18.1 Å². The second-order valence-corrected chi connectivity index (χ2v) is 6.63. The van der Waals surface area contributed by atoms with Gasteiger partial charge in [0.1, 0.15) is 11.6 Å². The van der Waals surface area contributed by atoms with Gasteiger partial charge in [-0.25, -0.2) is 9.97 Å². The van der Waals surface area contributed by atoms with Crippen LogP contribution in [-0.2, 0) is 5.41 Å². The number of rotatable bonds is 3. The highest BCUT2D eigenvalue weighted by atomic mass is 16.3. The molecule has 5 heteroatoms. The van der Waals surface area contributed by atoms with E-state index in [1.807, 2.05) is 19.2 Å². The minimum Gasteiger partial charge on any atom is -0.392 e. The molecule has 0 spiro atoms. The molecule has 1 aromatic heterocycles. The summed E-state index contributed by atoms with van der Waals surface area (Å²) < 4.78 is 0. The topological polar surface area (TPSA) is 52.5 Å². The van der Waals surface area contributed by atoms with E-state index in [-0.39, 0.29) is 11.5 Å². The van der Waals surface area contributed by atoms with Crippen LogP contribution in [0.5, 0.6) is 0 Å². The van der Waals surface area contributed by atoms with Gasteiger partial charge in [0.2, 0.25) is 0 Å². The van der Waals surface area contributed by atoms with Crippen LogP contribution >= 0.6 is 0 Å². The molecule has 1 aliphatic heterocycles. The summed E-state index contributed by atoms with van der Waals surface area (Å²) in [6.07, 6.45) is 1.60. The zero-order chi connectivity index (χ0) is 14.8. The van der Waals surface area contributed by atoms with Crippen LogP contribution in [0.15, 0.2) is 12.3 Å². The molecule has 112 valence electrons. The first-order chi connectivity index (χ1) is 9.36. The van der Waals surface area contributed by atoms with Crippen LogP contribution in [0.1, 0.15) is 33.5 Å². The van der Waals surface area contributed by atoms with Crippen LogP contribution in [-0.4, -0.2) is 58.8 Å². The number of nitrogens with zero attached hydrogens (tertiary/aromatic N) is 4. The van der Waals surface area contributed by atoms with Crippen molar-refractivity contribution < 1.29 is 5.11 Å². The average molecular weight is 278 g/mol. The summed E-state index contributed by atoms with van der Waals surface area (Å²) >= 11 is 0. The summed E-state index contributed by atoms with van der Waals surface area (Å²) in [5.41, 5.74) is -0.0237. The summed E-state index contributed by atoms with van der Waals surface area (Å²) in [6.45, 7) is 12.8. The second kappa shape index (κ2) is 6.06. The summed E-state index contributed by atoms with van der Waals surface area (Å²) in [6, 6.07) is 1.99. The van der Waals surface area contributed by atoms with Gasteiger partial charge in [-0.3, -0.25) is 4.90 Å². The highest BCUT2D eigenvalue weighted by molar-refractivity contribution is 5.38. The van der Waals surface area contributed by atoms with Crippen molar-refractivity contribution in [2.45, 2.75) is 39.2 Å². The van der Waals surface area contributed by atoms with Crippen molar-refractivity contribution in [1.82, 2.24) is 14.9 Å². The molecule has 2 heterocycles. The number of β-amino-alcohol motifs (C(OH)–C–C–N with tert-alkyl or cyclic N) is 1. The lowest BCUT2D eigenvalue weighted by Gasteiger charge is -2.36. The minimum absolute atomic E-state index is 0.0237. The lowest BCUT2D eigenvalue weighted by Crippen LogP contribution is -2.48. The highest BCUT2D eigenvalue weighted by Crippen LogP contribution is 2.21. The quantitative estimate of drug-likeness (QED) is 0.902. The zero-order valence-electron chi connectivity index (χ0n) is 13.0. The number of anilines is 1. The van der Waals surface area contributed by atoms with E-state index in [4.69, 9.17) is 4.98 Å². The van der Waals surface area contributed by atoms with Gasteiger partial charge in [0.25, 0.3) is 0 Å². The third kappa shape index (κ3) is 3.90. The van der Waals surface area contributed by atoms with Gasteiger partial charge in [-0.2, -0.15) is 0 Å². The van der Waals surface area contributed by atoms with Gasteiger partial charge < -0.3 is 10.0 Å². The SMILES string of the molecule is C[C@@H](O)CN1CCN(c2ccnc(C(C)(C)C)n2)CC1.